The molecule has 0 saturated carbocycles. The lowest BCUT2D eigenvalue weighted by Crippen LogP contribution is -2.33. The smallest absolute Gasteiger partial charge is 0.253 e. The van der Waals surface area contributed by atoms with Crippen molar-refractivity contribution in [2.24, 2.45) is 0 Å². The number of nitrogens with one attached hydrogen (secondary N) is 1. The van der Waals surface area contributed by atoms with Crippen LogP contribution in [0.15, 0.2) is 36.5 Å². The van der Waals surface area contributed by atoms with Crippen molar-refractivity contribution in [1.82, 2.24) is 20.0 Å². The minimum absolute atomic E-state index is 0.139. The molecule has 1 atom stereocenters. The van der Waals surface area contributed by atoms with E-state index in [0.717, 1.165) is 49.2 Å². The van der Waals surface area contributed by atoms with Gasteiger partial charge in [-0.1, -0.05) is 12.1 Å². The lowest BCUT2D eigenvalue weighted by atomic mass is 10.1. The van der Waals surface area contributed by atoms with Gasteiger partial charge in [0.15, 0.2) is 0 Å². The Morgan fingerprint density at radius 1 is 1.17 bits per heavy atom. The van der Waals surface area contributed by atoms with E-state index in [1.165, 1.54) is 0 Å². The fourth-order valence-corrected chi connectivity index (χ4v) is 3.19. The lowest BCUT2D eigenvalue weighted by Gasteiger charge is -2.23. The molecule has 5 heteroatoms. The summed E-state index contributed by atoms with van der Waals surface area (Å²) >= 11 is 0. The Morgan fingerprint density at radius 3 is 2.61 bits per heavy atom. The van der Waals surface area contributed by atoms with Gasteiger partial charge in [0.2, 0.25) is 0 Å². The highest BCUT2D eigenvalue weighted by molar-refractivity contribution is 5.94. The van der Waals surface area contributed by atoms with Crippen molar-refractivity contribution < 1.29 is 4.79 Å². The van der Waals surface area contributed by atoms with Gasteiger partial charge in [0.05, 0.1) is 5.69 Å². The third-order valence-corrected chi connectivity index (χ3v) is 4.66. The molecule has 1 amide bonds. The van der Waals surface area contributed by atoms with Crippen molar-refractivity contribution in [3.05, 3.63) is 42.1 Å². The second-order valence-electron chi connectivity index (χ2n) is 6.39. The maximum atomic E-state index is 12.7. The molecule has 122 valence electrons. The zero-order chi connectivity index (χ0) is 16.2. The largest absolute Gasteiger partial charge is 0.339 e. The molecule has 1 N–H and O–H groups in total. The molecular weight excluding hydrogens is 288 g/mol. The molecule has 1 fully saturated rings. The first-order valence-electron chi connectivity index (χ1n) is 8.20. The van der Waals surface area contributed by atoms with Crippen LogP contribution in [0.4, 0.5) is 0 Å². The van der Waals surface area contributed by atoms with Crippen molar-refractivity contribution in [3.8, 4) is 11.3 Å². The highest BCUT2D eigenvalue weighted by Crippen LogP contribution is 2.20. The second kappa shape index (κ2) is 6.96. The summed E-state index contributed by atoms with van der Waals surface area (Å²) in [6.07, 6.45) is 5.01. The van der Waals surface area contributed by atoms with Crippen LogP contribution in [-0.2, 0) is 0 Å². The van der Waals surface area contributed by atoms with Gasteiger partial charge < -0.3 is 9.80 Å². The standard InChI is InChI=1S/C18H24N4O/c1-21(2)16-4-3-12-22(13-10-16)18(23)15-7-5-14(6-8-15)17-9-11-19-20-17/h5-9,11,16H,3-4,10,12-13H2,1-2H3,(H,19,20). The zero-order valence-corrected chi connectivity index (χ0v) is 13.8. The monoisotopic (exact) mass is 312 g/mol. The number of nitrogens with zero attached hydrogens (tertiary/aromatic N) is 3. The molecule has 1 aromatic carbocycles. The number of amides is 1. The van der Waals surface area contributed by atoms with E-state index >= 15 is 0 Å². The van der Waals surface area contributed by atoms with Gasteiger partial charge in [-0.05, 0) is 57.1 Å². The number of aromatic amines is 1. The summed E-state index contributed by atoms with van der Waals surface area (Å²) in [6.45, 7) is 1.69. The molecule has 23 heavy (non-hydrogen) atoms. The number of carbonyl (C=O) groups is 1. The molecular formula is C18H24N4O. The predicted molar refractivity (Wildman–Crippen MR) is 91.3 cm³/mol. The first-order chi connectivity index (χ1) is 11.1. The number of benzene rings is 1. The molecule has 2 heterocycles. The Labute approximate surface area is 137 Å². The average molecular weight is 312 g/mol. The highest BCUT2D eigenvalue weighted by Gasteiger charge is 2.22. The molecule has 0 spiro atoms. The van der Waals surface area contributed by atoms with Crippen molar-refractivity contribution in [2.45, 2.75) is 25.3 Å². The van der Waals surface area contributed by atoms with Crippen LogP contribution in [0.25, 0.3) is 11.3 Å². The first-order valence-corrected chi connectivity index (χ1v) is 8.20. The minimum Gasteiger partial charge on any atom is -0.339 e. The third kappa shape index (κ3) is 3.62. The molecule has 0 aliphatic carbocycles. The first kappa shape index (κ1) is 15.7. The van der Waals surface area contributed by atoms with E-state index < -0.39 is 0 Å². The van der Waals surface area contributed by atoms with E-state index in [-0.39, 0.29) is 5.91 Å². The molecule has 1 aliphatic heterocycles. The number of rotatable bonds is 3. The van der Waals surface area contributed by atoms with E-state index in [0.29, 0.717) is 6.04 Å². The number of H-pyrrole nitrogens is 1. The minimum atomic E-state index is 0.139. The van der Waals surface area contributed by atoms with Crippen molar-refractivity contribution in [3.63, 3.8) is 0 Å². The van der Waals surface area contributed by atoms with Gasteiger partial charge in [0.1, 0.15) is 0 Å². The average Bonchev–Trinajstić information content (AvgIpc) is 2.98. The molecule has 0 radical (unpaired) electrons. The van der Waals surface area contributed by atoms with Gasteiger partial charge in [0, 0.05) is 30.9 Å². The Balaban J connectivity index is 1.68. The van der Waals surface area contributed by atoms with Crippen LogP contribution in [0.2, 0.25) is 0 Å². The lowest BCUT2D eigenvalue weighted by molar-refractivity contribution is 0.0758. The Morgan fingerprint density at radius 2 is 1.96 bits per heavy atom. The van der Waals surface area contributed by atoms with Crippen LogP contribution in [-0.4, -0.2) is 59.1 Å². The van der Waals surface area contributed by atoms with Crippen LogP contribution in [0.5, 0.6) is 0 Å². The SMILES string of the molecule is CN(C)C1CCCN(C(=O)c2ccc(-c3ccn[nH]3)cc2)CC1. The van der Waals surface area contributed by atoms with Crippen LogP contribution in [0.1, 0.15) is 29.6 Å². The van der Waals surface area contributed by atoms with E-state index in [9.17, 15) is 4.79 Å². The summed E-state index contributed by atoms with van der Waals surface area (Å²) in [5, 5.41) is 6.90. The van der Waals surface area contributed by atoms with Gasteiger partial charge in [-0.15, -0.1) is 0 Å². The maximum absolute atomic E-state index is 12.7. The van der Waals surface area contributed by atoms with Crippen LogP contribution >= 0.6 is 0 Å². The molecule has 3 rings (SSSR count). The Bertz CT molecular complexity index is 634. The summed E-state index contributed by atoms with van der Waals surface area (Å²) in [6, 6.07) is 10.3. The van der Waals surface area contributed by atoms with Crippen molar-refractivity contribution >= 4 is 5.91 Å². The molecule has 1 aliphatic rings. The van der Waals surface area contributed by atoms with Crippen LogP contribution in [0, 0.1) is 0 Å². The number of hydrogen-bond acceptors (Lipinski definition) is 3. The van der Waals surface area contributed by atoms with E-state index in [2.05, 4.69) is 29.2 Å². The van der Waals surface area contributed by atoms with Gasteiger partial charge in [-0.25, -0.2) is 0 Å². The summed E-state index contributed by atoms with van der Waals surface area (Å²) < 4.78 is 0. The molecule has 0 bridgehead atoms. The molecule has 1 saturated heterocycles. The summed E-state index contributed by atoms with van der Waals surface area (Å²) in [5.74, 6) is 0.139. The number of carbonyl (C=O) groups excluding carboxylic acids is 1. The number of hydrogen-bond donors (Lipinski definition) is 1. The molecule has 1 unspecified atom stereocenters. The van der Waals surface area contributed by atoms with Crippen LogP contribution in [0.3, 0.4) is 0 Å². The fourth-order valence-electron chi connectivity index (χ4n) is 3.19. The van der Waals surface area contributed by atoms with Crippen molar-refractivity contribution in [1.29, 1.82) is 0 Å². The summed E-state index contributed by atoms with van der Waals surface area (Å²) in [5.41, 5.74) is 2.77. The molecule has 2 aromatic rings. The normalized spacial score (nSPS) is 18.9. The zero-order valence-electron chi connectivity index (χ0n) is 13.8. The fraction of sp³-hybridized carbons (Fsp3) is 0.444. The number of likely N-dealkylation sites (tertiary alicyclic amines) is 1. The van der Waals surface area contributed by atoms with Crippen molar-refractivity contribution in [2.75, 3.05) is 27.2 Å². The maximum Gasteiger partial charge on any atom is 0.253 e. The Hall–Kier alpha value is -2.14. The van der Waals surface area contributed by atoms with Gasteiger partial charge >= 0.3 is 0 Å². The van der Waals surface area contributed by atoms with Gasteiger partial charge in [-0.2, -0.15) is 5.10 Å². The Kier molecular flexibility index (Phi) is 4.76. The van der Waals surface area contributed by atoms with E-state index in [1.807, 2.05) is 35.2 Å². The third-order valence-electron chi connectivity index (χ3n) is 4.66. The van der Waals surface area contributed by atoms with E-state index in [4.69, 9.17) is 0 Å². The highest BCUT2D eigenvalue weighted by atomic mass is 16.2. The molecule has 5 nitrogen and oxygen atoms in total. The van der Waals surface area contributed by atoms with Gasteiger partial charge in [-0.3, -0.25) is 9.89 Å². The topological polar surface area (TPSA) is 52.2 Å². The van der Waals surface area contributed by atoms with E-state index in [1.54, 1.807) is 6.20 Å². The van der Waals surface area contributed by atoms with Gasteiger partial charge in [0.25, 0.3) is 5.91 Å². The predicted octanol–water partition coefficient (Wildman–Crippen LogP) is 2.63. The van der Waals surface area contributed by atoms with Crippen LogP contribution < -0.4 is 0 Å². The summed E-state index contributed by atoms with van der Waals surface area (Å²) in [4.78, 5) is 17.0. The summed E-state index contributed by atoms with van der Waals surface area (Å²) in [7, 11) is 4.24. The number of aromatic nitrogens is 2. The molecule has 1 aromatic heterocycles. The quantitative estimate of drug-likeness (QED) is 0.948. The second-order valence-corrected chi connectivity index (χ2v) is 6.39.